The molecule has 5 nitrogen and oxygen atoms in total. The Morgan fingerprint density at radius 2 is 2.00 bits per heavy atom. The lowest BCUT2D eigenvalue weighted by Gasteiger charge is -2.30. The van der Waals surface area contributed by atoms with Crippen molar-refractivity contribution in [1.82, 2.24) is 10.1 Å². The second-order valence-corrected chi connectivity index (χ2v) is 6.87. The summed E-state index contributed by atoms with van der Waals surface area (Å²) in [5.74, 6) is 0.406. The van der Waals surface area contributed by atoms with E-state index in [1.165, 1.54) is 4.90 Å². The van der Waals surface area contributed by atoms with E-state index in [2.05, 4.69) is 19.0 Å². The van der Waals surface area contributed by atoms with Gasteiger partial charge in [-0.15, -0.1) is 0 Å². The summed E-state index contributed by atoms with van der Waals surface area (Å²) in [5, 5.41) is 4.01. The third-order valence-electron chi connectivity index (χ3n) is 3.50. The first-order chi connectivity index (χ1) is 9.14. The molecule has 20 heavy (non-hydrogen) atoms. The van der Waals surface area contributed by atoms with Gasteiger partial charge in [0.05, 0.1) is 6.04 Å². The number of carbonyl (C=O) groups excluding carboxylic acids is 2. The van der Waals surface area contributed by atoms with Crippen molar-refractivity contribution < 1.29 is 14.1 Å². The minimum Gasteiger partial charge on any atom is -0.360 e. The highest BCUT2D eigenvalue weighted by atomic mass is 16.5. The van der Waals surface area contributed by atoms with E-state index in [0.717, 1.165) is 0 Å². The molecule has 2 amide bonds. The van der Waals surface area contributed by atoms with E-state index in [1.807, 2.05) is 20.8 Å². The van der Waals surface area contributed by atoms with E-state index in [0.29, 0.717) is 29.4 Å². The van der Waals surface area contributed by atoms with Gasteiger partial charge in [0.15, 0.2) is 0 Å². The summed E-state index contributed by atoms with van der Waals surface area (Å²) in [6.07, 6.45) is 0.701. The Bertz CT molecular complexity index is 552. The number of nitrogens with zero attached hydrogens (tertiary/aromatic N) is 2. The lowest BCUT2D eigenvalue weighted by molar-refractivity contribution is -0.138. The van der Waals surface area contributed by atoms with Crippen LogP contribution in [0.5, 0.6) is 0 Å². The quantitative estimate of drug-likeness (QED) is 0.834. The summed E-state index contributed by atoms with van der Waals surface area (Å²) in [4.78, 5) is 26.5. The largest absolute Gasteiger partial charge is 0.360 e. The van der Waals surface area contributed by atoms with Crippen LogP contribution in [-0.2, 0) is 4.79 Å². The van der Waals surface area contributed by atoms with Crippen LogP contribution in [-0.4, -0.2) is 21.9 Å². The Morgan fingerprint density at radius 1 is 1.40 bits per heavy atom. The number of fused-ring (bicyclic) bond motifs is 1. The summed E-state index contributed by atoms with van der Waals surface area (Å²) in [7, 11) is 0. The minimum atomic E-state index is -0.598. The van der Waals surface area contributed by atoms with E-state index in [9.17, 15) is 9.59 Å². The number of hydrogen-bond donors (Lipinski definition) is 0. The summed E-state index contributed by atoms with van der Waals surface area (Å²) < 4.78 is 5.12. The van der Waals surface area contributed by atoms with Crippen LogP contribution in [0.25, 0.3) is 0 Å². The molecule has 0 unspecified atom stereocenters. The van der Waals surface area contributed by atoms with Gasteiger partial charge in [0.1, 0.15) is 17.0 Å². The highest BCUT2D eigenvalue weighted by molar-refractivity contribution is 6.10. The van der Waals surface area contributed by atoms with Gasteiger partial charge in [-0.05, 0) is 19.3 Å². The Hall–Kier alpha value is -1.65. The Balaban J connectivity index is 2.46. The third kappa shape index (κ3) is 2.25. The molecule has 0 N–H and O–H groups in total. The van der Waals surface area contributed by atoms with Gasteiger partial charge in [-0.3, -0.25) is 14.5 Å². The fourth-order valence-electron chi connectivity index (χ4n) is 2.52. The van der Waals surface area contributed by atoms with E-state index in [1.54, 1.807) is 6.92 Å². The molecule has 0 aromatic carbocycles. The summed E-state index contributed by atoms with van der Waals surface area (Å²) in [5.41, 5.74) is 0.478. The molecule has 1 aromatic heterocycles. The van der Waals surface area contributed by atoms with Crippen molar-refractivity contribution in [2.75, 3.05) is 0 Å². The van der Waals surface area contributed by atoms with Crippen LogP contribution in [0.3, 0.4) is 0 Å². The number of aryl methyl sites for hydroxylation is 1. The van der Waals surface area contributed by atoms with Crippen molar-refractivity contribution in [3.05, 3.63) is 17.0 Å². The molecule has 0 spiro atoms. The van der Waals surface area contributed by atoms with Crippen molar-refractivity contribution in [3.63, 3.8) is 0 Å². The summed E-state index contributed by atoms with van der Waals surface area (Å²) >= 11 is 0. The maximum absolute atomic E-state index is 12.6. The van der Waals surface area contributed by atoms with Gasteiger partial charge in [0.25, 0.3) is 5.91 Å². The topological polar surface area (TPSA) is 63.4 Å². The molecule has 0 aliphatic carbocycles. The smallest absolute Gasteiger partial charge is 0.266 e. The van der Waals surface area contributed by atoms with Crippen LogP contribution in [0, 0.1) is 18.3 Å². The van der Waals surface area contributed by atoms with Crippen LogP contribution in [0.2, 0.25) is 0 Å². The normalized spacial score (nSPS) is 18.9. The van der Waals surface area contributed by atoms with Gasteiger partial charge >= 0.3 is 0 Å². The van der Waals surface area contributed by atoms with E-state index >= 15 is 0 Å². The molecule has 1 atom stereocenters. The van der Waals surface area contributed by atoms with Crippen molar-refractivity contribution in [2.24, 2.45) is 11.3 Å². The zero-order valence-electron chi connectivity index (χ0n) is 13.0. The molecule has 2 heterocycles. The maximum Gasteiger partial charge on any atom is 0.266 e. The average molecular weight is 278 g/mol. The van der Waals surface area contributed by atoms with Crippen LogP contribution < -0.4 is 0 Å². The molecule has 0 radical (unpaired) electrons. The van der Waals surface area contributed by atoms with Gasteiger partial charge in [0.2, 0.25) is 5.91 Å². The van der Waals surface area contributed by atoms with Gasteiger partial charge in [-0.25, -0.2) is 0 Å². The van der Waals surface area contributed by atoms with Crippen molar-refractivity contribution in [1.29, 1.82) is 0 Å². The maximum atomic E-state index is 12.6. The van der Waals surface area contributed by atoms with Crippen LogP contribution in [0.4, 0.5) is 0 Å². The molecular formula is C15H22N2O3. The number of carbonyl (C=O) groups is 2. The fourth-order valence-corrected chi connectivity index (χ4v) is 2.52. The molecule has 1 aliphatic rings. The molecule has 0 saturated carbocycles. The number of imide groups is 1. The molecule has 2 rings (SSSR count). The molecule has 110 valence electrons. The molecule has 0 fully saturated rings. The second kappa shape index (κ2) is 4.72. The predicted molar refractivity (Wildman–Crippen MR) is 74.1 cm³/mol. The lowest BCUT2D eigenvalue weighted by Crippen LogP contribution is -2.42. The number of hydrogen-bond acceptors (Lipinski definition) is 4. The molecular weight excluding hydrogens is 256 g/mol. The van der Waals surface area contributed by atoms with Gasteiger partial charge in [-0.2, -0.15) is 0 Å². The zero-order valence-corrected chi connectivity index (χ0v) is 13.0. The standard InChI is InChI=1S/C15H22N2O3/c1-8(2)7-10-12-11(9(3)20-16-12)13(18)17(10)14(19)15(4,5)6/h8,10H,7H2,1-6H3/t10-/m0/s1. The lowest BCUT2D eigenvalue weighted by atomic mass is 9.93. The second-order valence-electron chi connectivity index (χ2n) is 6.87. The first-order valence-corrected chi connectivity index (χ1v) is 6.98. The van der Waals surface area contributed by atoms with Crippen molar-refractivity contribution in [2.45, 2.75) is 54.0 Å². The van der Waals surface area contributed by atoms with Gasteiger partial charge in [0, 0.05) is 5.41 Å². The number of aromatic nitrogens is 1. The van der Waals surface area contributed by atoms with Crippen LogP contribution in [0.15, 0.2) is 4.52 Å². The SMILES string of the molecule is Cc1onc2c1C(=O)N(C(=O)C(C)(C)C)[C@H]2CC(C)C. The molecule has 0 bridgehead atoms. The zero-order chi connectivity index (χ0) is 15.2. The van der Waals surface area contributed by atoms with E-state index < -0.39 is 5.41 Å². The van der Waals surface area contributed by atoms with E-state index in [-0.39, 0.29) is 17.9 Å². The molecule has 0 saturated heterocycles. The minimum absolute atomic E-state index is 0.162. The van der Waals surface area contributed by atoms with Gasteiger partial charge < -0.3 is 4.52 Å². The number of amides is 2. The monoisotopic (exact) mass is 278 g/mol. The number of rotatable bonds is 2. The molecule has 1 aliphatic heterocycles. The van der Waals surface area contributed by atoms with Crippen molar-refractivity contribution >= 4 is 11.8 Å². The summed E-state index contributed by atoms with van der Waals surface area (Å²) in [6, 6.07) is -0.304. The van der Waals surface area contributed by atoms with Crippen LogP contribution >= 0.6 is 0 Å². The average Bonchev–Trinajstić information content (AvgIpc) is 2.78. The van der Waals surface area contributed by atoms with E-state index in [4.69, 9.17) is 4.52 Å². The predicted octanol–water partition coefficient (Wildman–Crippen LogP) is 3.10. The van der Waals surface area contributed by atoms with Crippen LogP contribution in [0.1, 0.15) is 68.9 Å². The van der Waals surface area contributed by atoms with Crippen molar-refractivity contribution in [3.8, 4) is 0 Å². The third-order valence-corrected chi connectivity index (χ3v) is 3.50. The highest BCUT2D eigenvalue weighted by Gasteiger charge is 2.47. The summed E-state index contributed by atoms with van der Waals surface area (Å²) in [6.45, 7) is 11.3. The van der Waals surface area contributed by atoms with Gasteiger partial charge in [-0.1, -0.05) is 39.8 Å². The molecule has 1 aromatic rings. The Morgan fingerprint density at radius 3 is 2.50 bits per heavy atom. The highest BCUT2D eigenvalue weighted by Crippen LogP contribution is 2.40. The first kappa shape index (κ1) is 14.8. The Kier molecular flexibility index (Phi) is 3.48. The molecule has 5 heteroatoms. The Labute approximate surface area is 119 Å². The fraction of sp³-hybridized carbons (Fsp3) is 0.667. The first-order valence-electron chi connectivity index (χ1n) is 6.98.